The van der Waals surface area contributed by atoms with E-state index in [-0.39, 0.29) is 11.6 Å². The summed E-state index contributed by atoms with van der Waals surface area (Å²) in [6, 6.07) is 8.62. The van der Waals surface area contributed by atoms with Crippen LogP contribution in [0.15, 0.2) is 35.7 Å². The van der Waals surface area contributed by atoms with Crippen LogP contribution in [0.3, 0.4) is 0 Å². The summed E-state index contributed by atoms with van der Waals surface area (Å²) in [6.07, 6.45) is 0. The summed E-state index contributed by atoms with van der Waals surface area (Å²) in [4.78, 5) is 12.3. The van der Waals surface area contributed by atoms with Crippen LogP contribution < -0.4 is 11.1 Å². The first-order chi connectivity index (χ1) is 9.99. The van der Waals surface area contributed by atoms with Gasteiger partial charge in [0.15, 0.2) is 0 Å². The SMILES string of the molecule is CC(C)C(NCc1ccc(C(N)=O)cc1F)c1cccs1. The molecule has 1 amide bonds. The van der Waals surface area contributed by atoms with Crippen LogP contribution in [0.2, 0.25) is 0 Å². The van der Waals surface area contributed by atoms with Crippen molar-refractivity contribution in [1.82, 2.24) is 5.32 Å². The van der Waals surface area contributed by atoms with Gasteiger partial charge >= 0.3 is 0 Å². The van der Waals surface area contributed by atoms with Gasteiger partial charge in [-0.15, -0.1) is 11.3 Å². The first-order valence-corrected chi connectivity index (χ1v) is 7.72. The van der Waals surface area contributed by atoms with E-state index in [4.69, 9.17) is 5.73 Å². The van der Waals surface area contributed by atoms with E-state index >= 15 is 0 Å². The predicted octanol–water partition coefficient (Wildman–Crippen LogP) is 3.47. The Kier molecular flexibility index (Phi) is 5.09. The molecule has 2 rings (SSSR count). The van der Waals surface area contributed by atoms with E-state index in [9.17, 15) is 9.18 Å². The fraction of sp³-hybridized carbons (Fsp3) is 0.312. The van der Waals surface area contributed by atoms with Gasteiger partial charge in [-0.3, -0.25) is 4.79 Å². The molecule has 3 N–H and O–H groups in total. The van der Waals surface area contributed by atoms with Crippen molar-refractivity contribution in [2.75, 3.05) is 0 Å². The second-order valence-corrected chi connectivity index (χ2v) is 6.27. The molecular formula is C16H19FN2OS. The molecule has 112 valence electrons. The molecular weight excluding hydrogens is 287 g/mol. The van der Waals surface area contributed by atoms with E-state index in [2.05, 4.69) is 25.2 Å². The third-order valence-electron chi connectivity index (χ3n) is 3.37. The van der Waals surface area contributed by atoms with E-state index in [1.165, 1.54) is 10.9 Å². The number of nitrogens with one attached hydrogen (secondary N) is 1. The van der Waals surface area contributed by atoms with Gasteiger partial charge in [0.1, 0.15) is 5.82 Å². The van der Waals surface area contributed by atoms with Gasteiger partial charge < -0.3 is 11.1 Å². The highest BCUT2D eigenvalue weighted by Gasteiger charge is 2.17. The molecule has 2 aromatic rings. The molecule has 0 aliphatic carbocycles. The summed E-state index contributed by atoms with van der Waals surface area (Å²) in [5.41, 5.74) is 5.86. The molecule has 1 atom stereocenters. The molecule has 1 aromatic carbocycles. The van der Waals surface area contributed by atoms with Crippen molar-refractivity contribution in [3.63, 3.8) is 0 Å². The highest BCUT2D eigenvalue weighted by atomic mass is 32.1. The molecule has 5 heteroatoms. The minimum absolute atomic E-state index is 0.181. The standard InChI is InChI=1S/C16H19FN2OS/c1-10(2)15(14-4-3-7-21-14)19-9-12-6-5-11(16(18)20)8-13(12)17/h3-8,10,15,19H,9H2,1-2H3,(H2,18,20). The highest BCUT2D eigenvalue weighted by Crippen LogP contribution is 2.26. The lowest BCUT2D eigenvalue weighted by Gasteiger charge is -2.21. The van der Waals surface area contributed by atoms with Crippen molar-refractivity contribution < 1.29 is 9.18 Å². The van der Waals surface area contributed by atoms with Crippen molar-refractivity contribution in [3.05, 3.63) is 57.5 Å². The monoisotopic (exact) mass is 306 g/mol. The first-order valence-electron chi connectivity index (χ1n) is 6.84. The smallest absolute Gasteiger partial charge is 0.248 e. The molecule has 0 radical (unpaired) electrons. The molecule has 3 nitrogen and oxygen atoms in total. The normalized spacial score (nSPS) is 12.6. The number of hydrogen-bond donors (Lipinski definition) is 2. The summed E-state index contributed by atoms with van der Waals surface area (Å²) in [5, 5.41) is 5.42. The quantitative estimate of drug-likeness (QED) is 0.858. The molecule has 0 saturated heterocycles. The largest absolute Gasteiger partial charge is 0.366 e. The topological polar surface area (TPSA) is 55.1 Å². The molecule has 0 aliphatic heterocycles. The molecule has 0 bridgehead atoms. The lowest BCUT2D eigenvalue weighted by atomic mass is 10.0. The Morgan fingerprint density at radius 3 is 2.67 bits per heavy atom. The molecule has 0 spiro atoms. The van der Waals surface area contributed by atoms with Crippen molar-refractivity contribution >= 4 is 17.2 Å². The van der Waals surface area contributed by atoms with Crippen LogP contribution in [-0.4, -0.2) is 5.91 Å². The van der Waals surface area contributed by atoms with Gasteiger partial charge in [0.05, 0.1) is 0 Å². The fourth-order valence-electron chi connectivity index (χ4n) is 2.20. The minimum Gasteiger partial charge on any atom is -0.366 e. The maximum atomic E-state index is 14.0. The molecule has 0 fully saturated rings. The van der Waals surface area contributed by atoms with Gasteiger partial charge in [-0.25, -0.2) is 4.39 Å². The van der Waals surface area contributed by atoms with E-state index in [1.54, 1.807) is 23.5 Å². The predicted molar refractivity (Wildman–Crippen MR) is 83.7 cm³/mol. The molecule has 1 aromatic heterocycles. The Bertz CT molecular complexity index is 611. The molecule has 1 heterocycles. The molecule has 21 heavy (non-hydrogen) atoms. The molecule has 0 aliphatic rings. The van der Waals surface area contributed by atoms with Crippen molar-refractivity contribution in [2.45, 2.75) is 26.4 Å². The Balaban J connectivity index is 2.09. The number of amides is 1. The van der Waals surface area contributed by atoms with Crippen LogP contribution in [0, 0.1) is 11.7 Å². The zero-order valence-corrected chi connectivity index (χ0v) is 12.9. The third-order valence-corrected chi connectivity index (χ3v) is 4.32. The summed E-state index contributed by atoms with van der Waals surface area (Å²) in [5.74, 6) is -0.629. The second-order valence-electron chi connectivity index (χ2n) is 5.29. The van der Waals surface area contributed by atoms with Crippen LogP contribution in [-0.2, 0) is 6.54 Å². The number of hydrogen-bond acceptors (Lipinski definition) is 3. The van der Waals surface area contributed by atoms with Gasteiger partial charge in [0.2, 0.25) is 5.91 Å². The maximum absolute atomic E-state index is 14.0. The van der Waals surface area contributed by atoms with Gasteiger partial charge in [-0.05, 0) is 29.5 Å². The lowest BCUT2D eigenvalue weighted by Crippen LogP contribution is -2.25. The summed E-state index contributed by atoms with van der Waals surface area (Å²) >= 11 is 1.69. The Morgan fingerprint density at radius 1 is 1.38 bits per heavy atom. The van der Waals surface area contributed by atoms with Crippen molar-refractivity contribution in [1.29, 1.82) is 0 Å². The zero-order chi connectivity index (χ0) is 15.4. The van der Waals surface area contributed by atoms with E-state index < -0.39 is 11.7 Å². The van der Waals surface area contributed by atoms with Crippen LogP contribution in [0.25, 0.3) is 0 Å². The van der Waals surface area contributed by atoms with Crippen LogP contribution in [0.1, 0.15) is 40.7 Å². The van der Waals surface area contributed by atoms with Gasteiger partial charge in [-0.2, -0.15) is 0 Å². The zero-order valence-electron chi connectivity index (χ0n) is 12.1. The van der Waals surface area contributed by atoms with E-state index in [1.807, 2.05) is 11.4 Å². The number of benzene rings is 1. The van der Waals surface area contributed by atoms with Gasteiger partial charge in [0, 0.05) is 28.6 Å². The summed E-state index contributed by atoms with van der Waals surface area (Å²) in [7, 11) is 0. The summed E-state index contributed by atoms with van der Waals surface area (Å²) in [6.45, 7) is 4.67. The Labute approximate surface area is 128 Å². The minimum atomic E-state index is -0.618. The number of rotatable bonds is 6. The summed E-state index contributed by atoms with van der Waals surface area (Å²) < 4.78 is 14.0. The number of carbonyl (C=O) groups is 1. The second kappa shape index (κ2) is 6.83. The molecule has 0 saturated carbocycles. The van der Waals surface area contributed by atoms with Crippen molar-refractivity contribution in [2.24, 2.45) is 11.7 Å². The van der Waals surface area contributed by atoms with Gasteiger partial charge in [0.25, 0.3) is 0 Å². The number of nitrogens with two attached hydrogens (primary N) is 1. The highest BCUT2D eigenvalue weighted by molar-refractivity contribution is 7.10. The fourth-order valence-corrected chi connectivity index (χ4v) is 3.17. The Morgan fingerprint density at radius 2 is 2.14 bits per heavy atom. The van der Waals surface area contributed by atoms with E-state index in [0.29, 0.717) is 18.0 Å². The average molecular weight is 306 g/mol. The number of primary amides is 1. The van der Waals surface area contributed by atoms with Crippen LogP contribution >= 0.6 is 11.3 Å². The average Bonchev–Trinajstić information content (AvgIpc) is 2.93. The van der Waals surface area contributed by atoms with Gasteiger partial charge in [-0.1, -0.05) is 26.0 Å². The number of carbonyl (C=O) groups excluding carboxylic acids is 1. The van der Waals surface area contributed by atoms with E-state index in [0.717, 1.165) is 0 Å². The molecule has 1 unspecified atom stereocenters. The van der Waals surface area contributed by atoms with Crippen molar-refractivity contribution in [3.8, 4) is 0 Å². The van der Waals surface area contributed by atoms with Crippen LogP contribution in [0.5, 0.6) is 0 Å². The lowest BCUT2D eigenvalue weighted by molar-refractivity contribution is 0.1000. The third kappa shape index (κ3) is 3.89. The Hall–Kier alpha value is -1.72. The first kappa shape index (κ1) is 15.7. The number of halogens is 1. The number of thiophene rings is 1. The maximum Gasteiger partial charge on any atom is 0.248 e. The van der Waals surface area contributed by atoms with Crippen LogP contribution in [0.4, 0.5) is 4.39 Å².